The van der Waals surface area contributed by atoms with Crippen LogP contribution in [0.3, 0.4) is 0 Å². The summed E-state index contributed by atoms with van der Waals surface area (Å²) in [5.41, 5.74) is 5.50. The number of aromatic hydroxyl groups is 1. The molecular weight excluding hydrogens is 416 g/mol. The number of carbonyl (C=O) groups is 1. The van der Waals surface area contributed by atoms with Gasteiger partial charge in [0, 0.05) is 17.7 Å². The van der Waals surface area contributed by atoms with Crippen LogP contribution in [0, 0.1) is 0 Å². The molecule has 2 atom stereocenters. The number of hydrogen-bond acceptors (Lipinski definition) is 6. The van der Waals surface area contributed by atoms with Crippen LogP contribution in [0.1, 0.15) is 35.9 Å². The van der Waals surface area contributed by atoms with E-state index in [1.165, 1.54) is 0 Å². The topological polar surface area (TPSA) is 79.8 Å². The molecule has 168 valence electrons. The molecule has 0 amide bonds. The average molecular weight is 443 g/mol. The smallest absolute Gasteiger partial charge is 0.163 e. The fourth-order valence-electron chi connectivity index (χ4n) is 4.75. The molecule has 0 bridgehead atoms. The third-order valence-corrected chi connectivity index (χ3v) is 6.41. The summed E-state index contributed by atoms with van der Waals surface area (Å²) >= 11 is 0. The Balaban J connectivity index is 1.57. The molecule has 33 heavy (non-hydrogen) atoms. The zero-order chi connectivity index (χ0) is 22.9. The van der Waals surface area contributed by atoms with Gasteiger partial charge in [-0.15, -0.1) is 0 Å². The quantitative estimate of drug-likeness (QED) is 0.503. The Morgan fingerprint density at radius 3 is 2.27 bits per heavy atom. The van der Waals surface area contributed by atoms with Crippen molar-refractivity contribution in [3.63, 3.8) is 0 Å². The molecule has 0 saturated heterocycles. The van der Waals surface area contributed by atoms with Crippen molar-refractivity contribution in [2.24, 2.45) is 0 Å². The number of fused-ring (bicyclic) bond motifs is 1. The average Bonchev–Trinajstić information content (AvgIpc) is 3.01. The summed E-state index contributed by atoms with van der Waals surface area (Å²) in [6, 6.07) is 20.5. The minimum Gasteiger partial charge on any atom is -0.508 e. The van der Waals surface area contributed by atoms with Gasteiger partial charge in [0.1, 0.15) is 5.75 Å². The first-order valence-electron chi connectivity index (χ1n) is 11.0. The van der Waals surface area contributed by atoms with Crippen LogP contribution >= 0.6 is 0 Å². The fourth-order valence-corrected chi connectivity index (χ4v) is 4.75. The summed E-state index contributed by atoms with van der Waals surface area (Å²) in [6.45, 7) is 0. The molecule has 0 radical (unpaired) electrons. The predicted octanol–water partition coefficient (Wildman–Crippen LogP) is 5.39. The van der Waals surface area contributed by atoms with Gasteiger partial charge in [-0.1, -0.05) is 30.3 Å². The molecule has 1 heterocycles. The fraction of sp³-hybridized carbons (Fsp3) is 0.222. The van der Waals surface area contributed by atoms with E-state index in [-0.39, 0.29) is 23.5 Å². The zero-order valence-electron chi connectivity index (χ0n) is 18.6. The molecular formula is C27H26N2O4. The van der Waals surface area contributed by atoms with Crippen molar-refractivity contribution in [3.8, 4) is 17.2 Å². The number of phenolic OH excluding ortho intramolecular Hbond substituents is 1. The van der Waals surface area contributed by atoms with E-state index in [0.717, 1.165) is 33.8 Å². The molecule has 1 aliphatic heterocycles. The molecule has 6 nitrogen and oxygen atoms in total. The molecule has 5 rings (SSSR count). The van der Waals surface area contributed by atoms with Crippen LogP contribution in [-0.2, 0) is 4.79 Å². The van der Waals surface area contributed by atoms with Crippen molar-refractivity contribution < 1.29 is 19.4 Å². The van der Waals surface area contributed by atoms with Crippen LogP contribution in [0.15, 0.2) is 78.0 Å². The van der Waals surface area contributed by atoms with Gasteiger partial charge < -0.3 is 25.2 Å². The summed E-state index contributed by atoms with van der Waals surface area (Å²) in [6.07, 6.45) is 1.10. The number of para-hydroxylation sites is 2. The van der Waals surface area contributed by atoms with Gasteiger partial charge in [-0.25, -0.2) is 0 Å². The highest BCUT2D eigenvalue weighted by Gasteiger charge is 2.36. The predicted molar refractivity (Wildman–Crippen MR) is 128 cm³/mol. The number of carbonyl (C=O) groups excluding carboxylic acids is 1. The maximum absolute atomic E-state index is 13.6. The molecule has 0 fully saturated rings. The maximum Gasteiger partial charge on any atom is 0.163 e. The van der Waals surface area contributed by atoms with E-state index in [1.807, 2.05) is 54.6 Å². The number of allylic oxidation sites excluding steroid dienone is 1. The Bertz CT molecular complexity index is 1230. The van der Waals surface area contributed by atoms with Crippen molar-refractivity contribution in [2.75, 3.05) is 24.9 Å². The van der Waals surface area contributed by atoms with Crippen LogP contribution < -0.4 is 20.1 Å². The van der Waals surface area contributed by atoms with Gasteiger partial charge in [0.15, 0.2) is 17.3 Å². The second-order valence-electron chi connectivity index (χ2n) is 8.37. The van der Waals surface area contributed by atoms with Crippen molar-refractivity contribution in [1.29, 1.82) is 0 Å². The van der Waals surface area contributed by atoms with E-state index < -0.39 is 0 Å². The molecule has 0 spiro atoms. The summed E-state index contributed by atoms with van der Waals surface area (Å²) in [5, 5.41) is 16.9. The highest BCUT2D eigenvalue weighted by atomic mass is 16.5. The lowest BCUT2D eigenvalue weighted by atomic mass is 9.78. The number of phenols is 1. The van der Waals surface area contributed by atoms with E-state index in [0.29, 0.717) is 24.3 Å². The molecule has 2 aliphatic rings. The lowest BCUT2D eigenvalue weighted by molar-refractivity contribution is -0.116. The van der Waals surface area contributed by atoms with Crippen LogP contribution in [0.25, 0.3) is 0 Å². The van der Waals surface area contributed by atoms with Gasteiger partial charge in [-0.3, -0.25) is 4.79 Å². The third-order valence-electron chi connectivity index (χ3n) is 6.41. The number of methoxy groups -OCH3 is 2. The Morgan fingerprint density at radius 2 is 1.55 bits per heavy atom. The molecule has 6 heteroatoms. The van der Waals surface area contributed by atoms with Crippen LogP contribution in [-0.4, -0.2) is 25.1 Å². The lowest BCUT2D eigenvalue weighted by Gasteiger charge is -2.30. The SMILES string of the molecule is COc1ccc([C@@H]2CC(=O)C3=C(C2)Nc2ccccc2N[C@@H]3c2ccc(O)cc2)cc1OC. The largest absolute Gasteiger partial charge is 0.508 e. The van der Waals surface area contributed by atoms with E-state index in [4.69, 9.17) is 9.47 Å². The number of nitrogens with one attached hydrogen (secondary N) is 2. The van der Waals surface area contributed by atoms with Crippen LogP contribution in [0.5, 0.6) is 17.2 Å². The monoisotopic (exact) mass is 442 g/mol. The number of hydrogen-bond donors (Lipinski definition) is 3. The van der Waals surface area contributed by atoms with Crippen molar-refractivity contribution in [1.82, 2.24) is 0 Å². The van der Waals surface area contributed by atoms with Gasteiger partial charge in [-0.2, -0.15) is 0 Å². The normalized spacial score (nSPS) is 19.5. The highest BCUT2D eigenvalue weighted by Crippen LogP contribution is 2.45. The summed E-state index contributed by atoms with van der Waals surface area (Å²) in [5.74, 6) is 1.64. The van der Waals surface area contributed by atoms with Gasteiger partial charge in [-0.05, 0) is 59.9 Å². The summed E-state index contributed by atoms with van der Waals surface area (Å²) in [7, 11) is 3.23. The number of rotatable bonds is 4. The second kappa shape index (κ2) is 8.54. The van der Waals surface area contributed by atoms with Crippen molar-refractivity contribution in [2.45, 2.75) is 24.8 Å². The molecule has 1 aliphatic carbocycles. The molecule has 0 aromatic heterocycles. The summed E-state index contributed by atoms with van der Waals surface area (Å²) in [4.78, 5) is 13.6. The van der Waals surface area contributed by atoms with Gasteiger partial charge in [0.2, 0.25) is 0 Å². The highest BCUT2D eigenvalue weighted by molar-refractivity contribution is 6.01. The minimum absolute atomic E-state index is 0.0225. The molecule has 0 unspecified atom stereocenters. The van der Waals surface area contributed by atoms with E-state index >= 15 is 0 Å². The molecule has 3 aromatic carbocycles. The maximum atomic E-state index is 13.6. The van der Waals surface area contributed by atoms with Gasteiger partial charge in [0.25, 0.3) is 0 Å². The Morgan fingerprint density at radius 1 is 0.848 bits per heavy atom. The van der Waals surface area contributed by atoms with Crippen LogP contribution in [0.4, 0.5) is 11.4 Å². The van der Waals surface area contributed by atoms with E-state index in [1.54, 1.807) is 26.4 Å². The Kier molecular flexibility index (Phi) is 5.42. The number of ketones is 1. The zero-order valence-corrected chi connectivity index (χ0v) is 18.6. The first-order chi connectivity index (χ1) is 16.1. The molecule has 0 saturated carbocycles. The van der Waals surface area contributed by atoms with E-state index in [2.05, 4.69) is 10.6 Å². The second-order valence-corrected chi connectivity index (χ2v) is 8.37. The lowest BCUT2D eigenvalue weighted by Crippen LogP contribution is -2.26. The third kappa shape index (κ3) is 3.89. The van der Waals surface area contributed by atoms with Crippen molar-refractivity contribution in [3.05, 3.63) is 89.1 Å². The van der Waals surface area contributed by atoms with Gasteiger partial charge >= 0.3 is 0 Å². The molecule has 3 aromatic rings. The van der Waals surface area contributed by atoms with E-state index in [9.17, 15) is 9.90 Å². The number of ether oxygens (including phenoxy) is 2. The Labute approximate surface area is 192 Å². The Hall–Kier alpha value is -3.93. The number of anilines is 2. The van der Waals surface area contributed by atoms with Crippen molar-refractivity contribution >= 4 is 17.2 Å². The minimum atomic E-state index is -0.310. The standard InChI is InChI=1S/C27H26N2O4/c1-32-24-12-9-17(15-25(24)33-2)18-13-22-26(23(31)14-18)27(16-7-10-19(30)11-8-16)29-21-6-4-3-5-20(21)28-22/h3-12,15,18,27-30H,13-14H2,1-2H3/t18-,27+/m0/s1. The first-order valence-corrected chi connectivity index (χ1v) is 11.0. The number of benzene rings is 3. The number of Topliss-reactive ketones (excluding diaryl/α,β-unsaturated/α-hetero) is 1. The van der Waals surface area contributed by atoms with Gasteiger partial charge in [0.05, 0.1) is 31.6 Å². The summed E-state index contributed by atoms with van der Waals surface area (Å²) < 4.78 is 10.9. The molecule has 3 N–H and O–H groups in total. The first kappa shape index (κ1) is 20.9. The van der Waals surface area contributed by atoms with Crippen LogP contribution in [0.2, 0.25) is 0 Å².